The molecule has 4 aromatic carbocycles. The van der Waals surface area contributed by atoms with Gasteiger partial charge in [-0.05, 0) is 80.9 Å². The first-order valence-electron chi connectivity index (χ1n) is 10.6. The van der Waals surface area contributed by atoms with Crippen LogP contribution in [-0.2, 0) is 11.4 Å². The molecule has 0 saturated carbocycles. The van der Waals surface area contributed by atoms with Crippen LogP contribution in [0.25, 0.3) is 16.8 Å². The maximum absolute atomic E-state index is 12.7. The van der Waals surface area contributed by atoms with Gasteiger partial charge in [-0.1, -0.05) is 64.5 Å². The maximum Gasteiger partial charge on any atom is 0.266 e. The Morgan fingerprint density at radius 1 is 1.09 bits per heavy atom. The number of hydrogen-bond donors (Lipinski definition) is 1. The van der Waals surface area contributed by atoms with Crippen LogP contribution in [0.2, 0.25) is 0 Å². The van der Waals surface area contributed by atoms with Crippen molar-refractivity contribution in [2.45, 2.75) is 6.61 Å². The molecule has 0 spiro atoms. The van der Waals surface area contributed by atoms with E-state index in [0.29, 0.717) is 29.4 Å². The first-order chi connectivity index (χ1) is 17.0. The average molecular weight is 639 g/mol. The second kappa shape index (κ2) is 11.4. The molecular weight excluding hydrogens is 619 g/mol. The molecule has 0 aliphatic heterocycles. The normalized spacial score (nSPS) is 11.1. The number of hydrogen-bond acceptors (Lipinski definition) is 4. The Labute approximate surface area is 225 Å². The van der Waals surface area contributed by atoms with Crippen LogP contribution in [0, 0.1) is 14.9 Å². The molecule has 174 valence electrons. The molecular formula is C28H20BrIN2O3. The van der Waals surface area contributed by atoms with E-state index in [2.05, 4.69) is 62.0 Å². The zero-order valence-electron chi connectivity index (χ0n) is 18.7. The molecule has 1 amide bonds. The van der Waals surface area contributed by atoms with Gasteiger partial charge in [0.15, 0.2) is 11.5 Å². The summed E-state index contributed by atoms with van der Waals surface area (Å²) in [5.41, 5.74) is 2.30. The third-order valence-corrected chi connectivity index (χ3v) is 6.56. The van der Waals surface area contributed by atoms with Gasteiger partial charge in [0, 0.05) is 10.2 Å². The van der Waals surface area contributed by atoms with Crippen molar-refractivity contribution in [3.8, 4) is 17.6 Å². The van der Waals surface area contributed by atoms with Crippen molar-refractivity contribution in [1.82, 2.24) is 0 Å². The monoisotopic (exact) mass is 638 g/mol. The van der Waals surface area contributed by atoms with Gasteiger partial charge >= 0.3 is 0 Å². The summed E-state index contributed by atoms with van der Waals surface area (Å²) in [6.45, 7) is 0.376. The van der Waals surface area contributed by atoms with Crippen LogP contribution < -0.4 is 14.8 Å². The first-order valence-corrected chi connectivity index (χ1v) is 12.5. The van der Waals surface area contributed by atoms with Crippen molar-refractivity contribution in [2.75, 3.05) is 12.4 Å². The zero-order chi connectivity index (χ0) is 24.8. The van der Waals surface area contributed by atoms with Gasteiger partial charge in [0.1, 0.15) is 18.2 Å². The van der Waals surface area contributed by atoms with Crippen LogP contribution in [0.1, 0.15) is 11.1 Å². The van der Waals surface area contributed by atoms with Crippen molar-refractivity contribution in [1.29, 1.82) is 5.26 Å². The summed E-state index contributed by atoms with van der Waals surface area (Å²) in [6.07, 6.45) is 1.53. The molecule has 7 heteroatoms. The van der Waals surface area contributed by atoms with Gasteiger partial charge in [-0.15, -0.1) is 0 Å². The quantitative estimate of drug-likeness (QED) is 0.131. The number of nitriles is 1. The van der Waals surface area contributed by atoms with Crippen molar-refractivity contribution in [2.24, 2.45) is 0 Å². The van der Waals surface area contributed by atoms with Crippen LogP contribution in [-0.4, -0.2) is 13.0 Å². The fourth-order valence-electron chi connectivity index (χ4n) is 3.61. The topological polar surface area (TPSA) is 71.3 Å². The number of anilines is 1. The molecule has 1 N–H and O–H groups in total. The highest BCUT2D eigenvalue weighted by atomic mass is 127. The number of rotatable bonds is 7. The summed E-state index contributed by atoms with van der Waals surface area (Å²) >= 11 is 5.54. The molecule has 0 unspecified atom stereocenters. The Morgan fingerprint density at radius 2 is 1.86 bits per heavy atom. The van der Waals surface area contributed by atoms with Gasteiger partial charge in [-0.2, -0.15) is 5.26 Å². The van der Waals surface area contributed by atoms with E-state index in [1.54, 1.807) is 31.4 Å². The van der Waals surface area contributed by atoms with Crippen LogP contribution in [0.15, 0.2) is 88.9 Å². The third-order valence-electron chi connectivity index (χ3n) is 5.26. The highest BCUT2D eigenvalue weighted by Gasteiger charge is 2.15. The molecule has 4 aromatic rings. The van der Waals surface area contributed by atoms with Crippen LogP contribution in [0.3, 0.4) is 0 Å². The molecule has 0 atom stereocenters. The smallest absolute Gasteiger partial charge is 0.266 e. The van der Waals surface area contributed by atoms with E-state index in [-0.39, 0.29) is 5.57 Å². The molecule has 0 aliphatic rings. The van der Waals surface area contributed by atoms with Crippen molar-refractivity contribution in [3.05, 3.63) is 104 Å². The van der Waals surface area contributed by atoms with Crippen LogP contribution in [0.4, 0.5) is 5.69 Å². The Morgan fingerprint density at radius 3 is 2.63 bits per heavy atom. The highest BCUT2D eigenvalue weighted by Crippen LogP contribution is 2.35. The van der Waals surface area contributed by atoms with E-state index < -0.39 is 5.91 Å². The molecule has 4 rings (SSSR count). The number of nitrogens with one attached hydrogen (secondary N) is 1. The number of amides is 1. The maximum atomic E-state index is 12.7. The molecule has 0 radical (unpaired) electrons. The molecule has 0 aromatic heterocycles. The molecule has 0 saturated heterocycles. The summed E-state index contributed by atoms with van der Waals surface area (Å²) in [6, 6.07) is 27.1. The fourth-order valence-corrected chi connectivity index (χ4v) is 4.79. The lowest BCUT2D eigenvalue weighted by Crippen LogP contribution is -2.13. The van der Waals surface area contributed by atoms with Crippen molar-refractivity contribution < 1.29 is 14.3 Å². The van der Waals surface area contributed by atoms with E-state index >= 15 is 0 Å². The van der Waals surface area contributed by atoms with E-state index in [4.69, 9.17) is 9.47 Å². The lowest BCUT2D eigenvalue weighted by Gasteiger charge is -2.15. The van der Waals surface area contributed by atoms with Gasteiger partial charge < -0.3 is 14.8 Å². The third kappa shape index (κ3) is 6.02. The minimum atomic E-state index is -0.490. The van der Waals surface area contributed by atoms with E-state index in [0.717, 1.165) is 24.4 Å². The largest absolute Gasteiger partial charge is 0.493 e. The average Bonchev–Trinajstić information content (AvgIpc) is 2.86. The van der Waals surface area contributed by atoms with Gasteiger partial charge in [0.2, 0.25) is 0 Å². The van der Waals surface area contributed by atoms with Crippen LogP contribution in [0.5, 0.6) is 11.5 Å². The SMILES string of the molecule is COc1cc(/C=C(/C#N)C(=O)Nc2cccc(Br)c2)cc(I)c1OCc1cccc2ccccc12. The number of halogens is 2. The molecule has 35 heavy (non-hydrogen) atoms. The summed E-state index contributed by atoms with van der Waals surface area (Å²) in [5, 5.41) is 14.6. The summed E-state index contributed by atoms with van der Waals surface area (Å²) in [7, 11) is 1.56. The number of ether oxygens (including phenoxy) is 2. The Balaban J connectivity index is 1.57. The number of nitrogens with zero attached hydrogens (tertiary/aromatic N) is 1. The lowest BCUT2D eigenvalue weighted by molar-refractivity contribution is -0.112. The highest BCUT2D eigenvalue weighted by molar-refractivity contribution is 14.1. The van der Waals surface area contributed by atoms with E-state index in [1.807, 2.05) is 42.5 Å². The van der Waals surface area contributed by atoms with Gasteiger partial charge in [0.05, 0.1) is 10.7 Å². The lowest BCUT2D eigenvalue weighted by atomic mass is 10.1. The van der Waals surface area contributed by atoms with Crippen molar-refractivity contribution >= 4 is 67.0 Å². The summed E-state index contributed by atoms with van der Waals surface area (Å²) in [5.74, 6) is 0.638. The minimum Gasteiger partial charge on any atom is -0.493 e. The Bertz CT molecular complexity index is 1470. The molecule has 0 bridgehead atoms. The number of benzene rings is 4. The van der Waals surface area contributed by atoms with Crippen molar-refractivity contribution in [3.63, 3.8) is 0 Å². The number of carbonyl (C=O) groups is 1. The van der Waals surface area contributed by atoms with E-state index in [1.165, 1.54) is 6.08 Å². The first kappa shape index (κ1) is 24.8. The number of fused-ring (bicyclic) bond motifs is 1. The predicted molar refractivity (Wildman–Crippen MR) is 150 cm³/mol. The summed E-state index contributed by atoms with van der Waals surface area (Å²) in [4.78, 5) is 12.7. The Hall–Kier alpha value is -3.35. The standard InChI is InChI=1S/C28H20BrIN2O3/c1-34-26-14-18(12-21(16-31)28(33)32-23-10-5-9-22(29)15-23)13-25(30)27(26)35-17-20-8-4-7-19-6-2-3-11-24(19)20/h2-15H,17H2,1H3,(H,32,33)/b21-12-. The summed E-state index contributed by atoms with van der Waals surface area (Å²) < 4.78 is 13.4. The molecule has 5 nitrogen and oxygen atoms in total. The predicted octanol–water partition coefficient (Wildman–Crippen LogP) is 7.34. The molecule has 0 fully saturated rings. The minimum absolute atomic E-state index is 0.0211. The van der Waals surface area contributed by atoms with E-state index in [9.17, 15) is 10.1 Å². The second-order valence-corrected chi connectivity index (χ2v) is 9.67. The van der Waals surface area contributed by atoms with Gasteiger partial charge in [0.25, 0.3) is 5.91 Å². The fraction of sp³-hybridized carbons (Fsp3) is 0.0714. The Kier molecular flexibility index (Phi) is 8.06. The van der Waals surface area contributed by atoms with Gasteiger partial charge in [-0.3, -0.25) is 4.79 Å². The number of carbonyl (C=O) groups excluding carboxylic acids is 1. The van der Waals surface area contributed by atoms with Crippen LogP contribution >= 0.6 is 38.5 Å². The number of methoxy groups -OCH3 is 1. The molecule has 0 heterocycles. The van der Waals surface area contributed by atoms with Gasteiger partial charge in [-0.25, -0.2) is 0 Å². The second-order valence-electron chi connectivity index (χ2n) is 7.60. The molecule has 0 aliphatic carbocycles. The zero-order valence-corrected chi connectivity index (χ0v) is 22.5.